The van der Waals surface area contributed by atoms with Crippen molar-refractivity contribution in [2.24, 2.45) is 4.99 Å². The van der Waals surface area contributed by atoms with Crippen LogP contribution >= 0.6 is 0 Å². The molecule has 1 saturated heterocycles. The van der Waals surface area contributed by atoms with Gasteiger partial charge in [0.15, 0.2) is 5.96 Å². The maximum Gasteiger partial charge on any atom is 0.221 e. The largest absolute Gasteiger partial charge is 0.491 e. The summed E-state index contributed by atoms with van der Waals surface area (Å²) in [6, 6.07) is 7.76. The Morgan fingerprint density at radius 2 is 2.03 bits per heavy atom. The third-order valence-corrected chi connectivity index (χ3v) is 4.75. The second-order valence-electron chi connectivity index (χ2n) is 8.14. The number of carbonyl (C=O) groups is 1. The molecule has 1 amide bonds. The number of nitrogens with one attached hydrogen (secondary N) is 3. The van der Waals surface area contributed by atoms with Crippen LogP contribution in [0, 0.1) is 0 Å². The summed E-state index contributed by atoms with van der Waals surface area (Å²) < 4.78 is 17.0. The smallest absolute Gasteiger partial charge is 0.221 e. The maximum atomic E-state index is 11.9. The first-order valence-electron chi connectivity index (χ1n) is 11.8. The second kappa shape index (κ2) is 15.5. The van der Waals surface area contributed by atoms with Crippen LogP contribution in [0.3, 0.4) is 0 Å². The van der Waals surface area contributed by atoms with E-state index in [1.165, 1.54) is 0 Å². The van der Waals surface area contributed by atoms with E-state index >= 15 is 0 Å². The molecule has 1 fully saturated rings. The lowest BCUT2D eigenvalue weighted by atomic mass is 10.2. The minimum Gasteiger partial charge on any atom is -0.491 e. The van der Waals surface area contributed by atoms with Gasteiger partial charge in [0.25, 0.3) is 0 Å². The van der Waals surface area contributed by atoms with Crippen LogP contribution in [-0.2, 0) is 14.3 Å². The highest BCUT2D eigenvalue weighted by molar-refractivity contribution is 5.93. The molecule has 0 saturated carbocycles. The Morgan fingerprint density at radius 3 is 2.72 bits per heavy atom. The lowest BCUT2D eigenvalue weighted by Crippen LogP contribution is -2.35. The van der Waals surface area contributed by atoms with Crippen molar-refractivity contribution in [1.29, 1.82) is 0 Å². The SMILES string of the molecule is CCCNC(=O)CCNC(=NCCCOCC1CCCO1)Nc1ccc(OC(C)C)cc1. The Hall–Kier alpha value is -2.32. The van der Waals surface area contributed by atoms with E-state index in [0.717, 1.165) is 43.7 Å². The summed E-state index contributed by atoms with van der Waals surface area (Å²) in [5, 5.41) is 9.43. The zero-order valence-electron chi connectivity index (χ0n) is 19.8. The van der Waals surface area contributed by atoms with E-state index in [1.54, 1.807) is 0 Å². The van der Waals surface area contributed by atoms with Gasteiger partial charge in [0.1, 0.15) is 5.75 Å². The molecule has 2 rings (SSSR count). The monoisotopic (exact) mass is 448 g/mol. The molecular formula is C24H40N4O4. The van der Waals surface area contributed by atoms with Crippen LogP contribution in [0.15, 0.2) is 29.3 Å². The Balaban J connectivity index is 1.80. The fraction of sp³-hybridized carbons (Fsp3) is 0.667. The van der Waals surface area contributed by atoms with Crippen molar-refractivity contribution in [2.75, 3.05) is 44.8 Å². The summed E-state index contributed by atoms with van der Waals surface area (Å²) in [7, 11) is 0. The van der Waals surface area contributed by atoms with Gasteiger partial charge in [-0.25, -0.2) is 0 Å². The van der Waals surface area contributed by atoms with Crippen molar-refractivity contribution < 1.29 is 19.0 Å². The van der Waals surface area contributed by atoms with Gasteiger partial charge >= 0.3 is 0 Å². The minimum atomic E-state index is 0.0384. The number of anilines is 1. The van der Waals surface area contributed by atoms with Crippen molar-refractivity contribution in [3.05, 3.63) is 24.3 Å². The highest BCUT2D eigenvalue weighted by Gasteiger charge is 2.14. The number of hydrogen-bond acceptors (Lipinski definition) is 5. The molecule has 0 radical (unpaired) electrons. The molecule has 32 heavy (non-hydrogen) atoms. The van der Waals surface area contributed by atoms with Crippen molar-refractivity contribution in [1.82, 2.24) is 10.6 Å². The zero-order valence-corrected chi connectivity index (χ0v) is 19.8. The lowest BCUT2D eigenvalue weighted by Gasteiger charge is -2.14. The van der Waals surface area contributed by atoms with Crippen LogP contribution in [-0.4, -0.2) is 63.5 Å². The van der Waals surface area contributed by atoms with Crippen molar-refractivity contribution in [3.63, 3.8) is 0 Å². The Kier molecular flexibility index (Phi) is 12.5. The molecule has 0 aliphatic carbocycles. The molecule has 1 aromatic rings. The van der Waals surface area contributed by atoms with Gasteiger partial charge in [-0.15, -0.1) is 0 Å². The minimum absolute atomic E-state index is 0.0384. The van der Waals surface area contributed by atoms with Crippen LogP contribution < -0.4 is 20.7 Å². The molecule has 1 atom stereocenters. The van der Waals surface area contributed by atoms with Gasteiger partial charge in [-0.3, -0.25) is 9.79 Å². The summed E-state index contributed by atoms with van der Waals surface area (Å²) in [5.74, 6) is 1.51. The second-order valence-corrected chi connectivity index (χ2v) is 8.14. The van der Waals surface area contributed by atoms with Crippen molar-refractivity contribution in [2.45, 2.75) is 65.1 Å². The number of carbonyl (C=O) groups excluding carboxylic acids is 1. The Morgan fingerprint density at radius 1 is 1.22 bits per heavy atom. The number of guanidine groups is 1. The Bertz CT molecular complexity index is 673. The number of benzene rings is 1. The lowest BCUT2D eigenvalue weighted by molar-refractivity contribution is -0.120. The van der Waals surface area contributed by atoms with Gasteiger partial charge < -0.3 is 30.2 Å². The maximum absolute atomic E-state index is 11.9. The molecule has 1 aliphatic rings. The number of ether oxygens (including phenoxy) is 3. The third-order valence-electron chi connectivity index (χ3n) is 4.75. The zero-order chi connectivity index (χ0) is 23.0. The number of nitrogens with zero attached hydrogens (tertiary/aromatic N) is 1. The highest BCUT2D eigenvalue weighted by atomic mass is 16.5. The topological polar surface area (TPSA) is 93.2 Å². The normalized spacial score (nSPS) is 16.2. The van der Waals surface area contributed by atoms with Crippen LogP contribution in [0.5, 0.6) is 5.75 Å². The van der Waals surface area contributed by atoms with Crippen molar-refractivity contribution in [3.8, 4) is 5.75 Å². The van der Waals surface area contributed by atoms with E-state index in [4.69, 9.17) is 14.2 Å². The molecule has 8 heteroatoms. The molecule has 1 aliphatic heterocycles. The van der Waals surface area contributed by atoms with E-state index in [2.05, 4.69) is 20.9 Å². The van der Waals surface area contributed by atoms with E-state index in [9.17, 15) is 4.79 Å². The first-order chi connectivity index (χ1) is 15.6. The summed E-state index contributed by atoms with van der Waals surface area (Å²) in [6.07, 6.45) is 4.74. The van der Waals surface area contributed by atoms with Crippen LogP contribution in [0.1, 0.15) is 52.9 Å². The molecule has 0 bridgehead atoms. The fourth-order valence-corrected chi connectivity index (χ4v) is 3.16. The Labute approximate surface area is 192 Å². The van der Waals surface area contributed by atoms with E-state index in [1.807, 2.05) is 45.0 Å². The fourth-order valence-electron chi connectivity index (χ4n) is 3.16. The van der Waals surface area contributed by atoms with Gasteiger partial charge in [-0.05, 0) is 63.8 Å². The van der Waals surface area contributed by atoms with Gasteiger partial charge in [0, 0.05) is 45.0 Å². The van der Waals surface area contributed by atoms with E-state index < -0.39 is 0 Å². The number of aliphatic imine (C=N–C) groups is 1. The van der Waals surface area contributed by atoms with E-state index in [-0.39, 0.29) is 18.1 Å². The van der Waals surface area contributed by atoms with E-state index in [0.29, 0.717) is 45.2 Å². The standard InChI is InChI=1S/C24H40N4O4/c1-4-13-25-23(29)12-15-27-24(26-14-6-16-30-18-22-7-5-17-31-22)28-20-8-10-21(11-9-20)32-19(2)3/h8-11,19,22H,4-7,12-18H2,1-3H3,(H,25,29)(H2,26,27,28). The van der Waals surface area contributed by atoms with Crippen LogP contribution in [0.2, 0.25) is 0 Å². The summed E-state index contributed by atoms with van der Waals surface area (Å²) in [4.78, 5) is 16.5. The summed E-state index contributed by atoms with van der Waals surface area (Å²) in [6.45, 7) is 10.0. The molecule has 180 valence electrons. The predicted octanol–water partition coefficient (Wildman–Crippen LogP) is 3.33. The van der Waals surface area contributed by atoms with Gasteiger partial charge in [-0.2, -0.15) is 0 Å². The van der Waals surface area contributed by atoms with Crippen LogP contribution in [0.25, 0.3) is 0 Å². The molecule has 0 aromatic heterocycles. The summed E-state index contributed by atoms with van der Waals surface area (Å²) >= 11 is 0. The first-order valence-corrected chi connectivity index (χ1v) is 11.8. The molecule has 1 unspecified atom stereocenters. The number of amides is 1. The third kappa shape index (κ3) is 11.3. The average molecular weight is 449 g/mol. The van der Waals surface area contributed by atoms with Gasteiger partial charge in [0.2, 0.25) is 5.91 Å². The highest BCUT2D eigenvalue weighted by Crippen LogP contribution is 2.17. The molecule has 1 aromatic carbocycles. The molecule has 3 N–H and O–H groups in total. The van der Waals surface area contributed by atoms with Crippen molar-refractivity contribution >= 4 is 17.6 Å². The van der Waals surface area contributed by atoms with Gasteiger partial charge in [-0.1, -0.05) is 6.92 Å². The summed E-state index contributed by atoms with van der Waals surface area (Å²) in [5.41, 5.74) is 0.900. The van der Waals surface area contributed by atoms with Crippen LogP contribution in [0.4, 0.5) is 5.69 Å². The molecule has 1 heterocycles. The molecule has 0 spiro atoms. The molecular weight excluding hydrogens is 408 g/mol. The first kappa shape index (κ1) is 25.9. The quantitative estimate of drug-likeness (QED) is 0.230. The molecule has 8 nitrogen and oxygen atoms in total. The number of hydrogen-bond donors (Lipinski definition) is 3. The number of rotatable bonds is 14. The van der Waals surface area contributed by atoms with Gasteiger partial charge in [0.05, 0.1) is 18.8 Å². The predicted molar refractivity (Wildman–Crippen MR) is 128 cm³/mol. The average Bonchev–Trinajstić information content (AvgIpc) is 3.29.